The molecule has 0 radical (unpaired) electrons. The van der Waals surface area contributed by atoms with Crippen molar-refractivity contribution in [3.05, 3.63) is 42.0 Å². The smallest absolute Gasteiger partial charge is 0.135 e. The van der Waals surface area contributed by atoms with Crippen LogP contribution in [0.25, 0.3) is 0 Å². The third-order valence-corrected chi connectivity index (χ3v) is 2.46. The SMILES string of the molecule is CCNc1cc(Nc2ccc(F)c(C)c2)ncn1. The molecule has 0 amide bonds. The molecule has 4 nitrogen and oxygen atoms in total. The maximum Gasteiger partial charge on any atom is 0.135 e. The summed E-state index contributed by atoms with van der Waals surface area (Å²) in [4.78, 5) is 8.19. The van der Waals surface area contributed by atoms with Gasteiger partial charge in [-0.05, 0) is 37.6 Å². The van der Waals surface area contributed by atoms with E-state index in [1.54, 1.807) is 19.1 Å². The summed E-state index contributed by atoms with van der Waals surface area (Å²) in [6.45, 7) is 4.52. The Hall–Kier alpha value is -2.17. The van der Waals surface area contributed by atoms with E-state index in [1.807, 2.05) is 13.0 Å². The third-order valence-electron chi connectivity index (χ3n) is 2.46. The van der Waals surface area contributed by atoms with Crippen LogP contribution in [0.4, 0.5) is 21.7 Å². The Balaban J connectivity index is 2.17. The van der Waals surface area contributed by atoms with Crippen molar-refractivity contribution in [3.63, 3.8) is 0 Å². The predicted molar refractivity (Wildman–Crippen MR) is 70.6 cm³/mol. The van der Waals surface area contributed by atoms with Crippen LogP contribution in [0, 0.1) is 12.7 Å². The monoisotopic (exact) mass is 246 g/mol. The van der Waals surface area contributed by atoms with Gasteiger partial charge < -0.3 is 10.6 Å². The van der Waals surface area contributed by atoms with Gasteiger partial charge in [-0.25, -0.2) is 14.4 Å². The van der Waals surface area contributed by atoms with Gasteiger partial charge in [0.05, 0.1) is 0 Å². The molecule has 0 aliphatic heterocycles. The highest BCUT2D eigenvalue weighted by Crippen LogP contribution is 2.18. The van der Waals surface area contributed by atoms with Crippen molar-refractivity contribution < 1.29 is 4.39 Å². The molecule has 1 aromatic heterocycles. The number of nitrogens with zero attached hydrogens (tertiary/aromatic N) is 2. The molecule has 0 aliphatic rings. The maximum absolute atomic E-state index is 13.1. The van der Waals surface area contributed by atoms with Gasteiger partial charge in [-0.1, -0.05) is 0 Å². The molecular weight excluding hydrogens is 231 g/mol. The first-order valence-electron chi connectivity index (χ1n) is 5.78. The highest BCUT2D eigenvalue weighted by atomic mass is 19.1. The molecule has 2 aromatic rings. The number of rotatable bonds is 4. The number of nitrogens with one attached hydrogen (secondary N) is 2. The van der Waals surface area contributed by atoms with Crippen LogP contribution in [0.5, 0.6) is 0 Å². The molecule has 2 rings (SSSR count). The molecule has 1 heterocycles. The number of aryl methyl sites for hydroxylation is 1. The minimum Gasteiger partial charge on any atom is -0.370 e. The van der Waals surface area contributed by atoms with Gasteiger partial charge in [0, 0.05) is 18.3 Å². The Morgan fingerprint density at radius 2 is 1.94 bits per heavy atom. The standard InChI is InChI=1S/C13H15FN4/c1-3-15-12-7-13(17-8-16-12)18-10-4-5-11(14)9(2)6-10/h4-8H,3H2,1-2H3,(H2,15,16,17,18). The highest BCUT2D eigenvalue weighted by Gasteiger charge is 2.01. The normalized spacial score (nSPS) is 10.2. The number of halogens is 1. The van der Waals surface area contributed by atoms with Crippen LogP contribution in [0.2, 0.25) is 0 Å². The van der Waals surface area contributed by atoms with Crippen molar-refractivity contribution in [1.82, 2.24) is 9.97 Å². The van der Waals surface area contributed by atoms with Gasteiger partial charge in [-0.2, -0.15) is 0 Å². The molecule has 5 heteroatoms. The molecule has 0 fully saturated rings. The van der Waals surface area contributed by atoms with E-state index >= 15 is 0 Å². The van der Waals surface area contributed by atoms with Crippen molar-refractivity contribution in [2.75, 3.05) is 17.2 Å². The molecule has 94 valence electrons. The molecule has 2 N–H and O–H groups in total. The van der Waals surface area contributed by atoms with Crippen LogP contribution < -0.4 is 10.6 Å². The Labute approximate surface area is 105 Å². The second kappa shape index (κ2) is 5.44. The van der Waals surface area contributed by atoms with E-state index in [0.29, 0.717) is 11.4 Å². The Bertz CT molecular complexity index is 542. The molecule has 0 atom stereocenters. The number of hydrogen-bond donors (Lipinski definition) is 2. The van der Waals surface area contributed by atoms with Crippen LogP contribution in [0.15, 0.2) is 30.6 Å². The quantitative estimate of drug-likeness (QED) is 0.870. The maximum atomic E-state index is 13.1. The lowest BCUT2D eigenvalue weighted by atomic mass is 10.2. The Morgan fingerprint density at radius 3 is 2.67 bits per heavy atom. The Morgan fingerprint density at radius 1 is 1.17 bits per heavy atom. The number of hydrogen-bond acceptors (Lipinski definition) is 4. The van der Waals surface area contributed by atoms with Crippen LogP contribution in [-0.4, -0.2) is 16.5 Å². The zero-order chi connectivity index (χ0) is 13.0. The summed E-state index contributed by atoms with van der Waals surface area (Å²) in [6.07, 6.45) is 1.48. The fourth-order valence-electron chi connectivity index (χ4n) is 1.57. The fraction of sp³-hybridized carbons (Fsp3) is 0.231. The van der Waals surface area contributed by atoms with Gasteiger partial charge in [-0.15, -0.1) is 0 Å². The summed E-state index contributed by atoms with van der Waals surface area (Å²) in [5, 5.41) is 6.22. The van der Waals surface area contributed by atoms with Crippen molar-refractivity contribution >= 4 is 17.3 Å². The van der Waals surface area contributed by atoms with Crippen molar-refractivity contribution in [1.29, 1.82) is 0 Å². The first-order valence-corrected chi connectivity index (χ1v) is 5.78. The van der Waals surface area contributed by atoms with Gasteiger partial charge in [0.15, 0.2) is 0 Å². The Kier molecular flexibility index (Phi) is 3.72. The summed E-state index contributed by atoms with van der Waals surface area (Å²) in [5.74, 6) is 1.22. The van der Waals surface area contributed by atoms with Crippen molar-refractivity contribution in [3.8, 4) is 0 Å². The summed E-state index contributed by atoms with van der Waals surface area (Å²) in [5.41, 5.74) is 1.40. The molecule has 18 heavy (non-hydrogen) atoms. The summed E-state index contributed by atoms with van der Waals surface area (Å²) >= 11 is 0. The van der Waals surface area contributed by atoms with Crippen LogP contribution >= 0.6 is 0 Å². The topological polar surface area (TPSA) is 49.8 Å². The largest absolute Gasteiger partial charge is 0.370 e. The highest BCUT2D eigenvalue weighted by molar-refractivity contribution is 5.59. The minimum absolute atomic E-state index is 0.212. The molecule has 1 aromatic carbocycles. The summed E-state index contributed by atoms with van der Waals surface area (Å²) in [6, 6.07) is 6.66. The second-order valence-electron chi connectivity index (χ2n) is 3.91. The van der Waals surface area contributed by atoms with E-state index in [4.69, 9.17) is 0 Å². The van der Waals surface area contributed by atoms with E-state index in [-0.39, 0.29) is 5.82 Å². The van der Waals surface area contributed by atoms with E-state index < -0.39 is 0 Å². The lowest BCUT2D eigenvalue weighted by Crippen LogP contribution is -2.01. The van der Waals surface area contributed by atoms with Gasteiger partial charge in [0.1, 0.15) is 23.8 Å². The second-order valence-corrected chi connectivity index (χ2v) is 3.91. The average Bonchev–Trinajstić information content (AvgIpc) is 2.35. The zero-order valence-corrected chi connectivity index (χ0v) is 10.4. The molecule has 0 spiro atoms. The summed E-state index contributed by atoms with van der Waals surface area (Å²) < 4.78 is 13.1. The van der Waals surface area contributed by atoms with E-state index in [0.717, 1.165) is 18.1 Å². The molecule has 0 aliphatic carbocycles. The average molecular weight is 246 g/mol. The van der Waals surface area contributed by atoms with Gasteiger partial charge in [-0.3, -0.25) is 0 Å². The van der Waals surface area contributed by atoms with Crippen LogP contribution in [0.3, 0.4) is 0 Å². The number of aromatic nitrogens is 2. The van der Waals surface area contributed by atoms with Crippen molar-refractivity contribution in [2.24, 2.45) is 0 Å². The fourth-order valence-corrected chi connectivity index (χ4v) is 1.57. The van der Waals surface area contributed by atoms with Crippen molar-refractivity contribution in [2.45, 2.75) is 13.8 Å². The lowest BCUT2D eigenvalue weighted by Gasteiger charge is -2.08. The summed E-state index contributed by atoms with van der Waals surface area (Å²) in [7, 11) is 0. The van der Waals surface area contributed by atoms with E-state index in [2.05, 4.69) is 20.6 Å². The van der Waals surface area contributed by atoms with Gasteiger partial charge >= 0.3 is 0 Å². The molecule has 0 bridgehead atoms. The predicted octanol–water partition coefficient (Wildman–Crippen LogP) is 3.10. The lowest BCUT2D eigenvalue weighted by molar-refractivity contribution is 0.619. The molecular formula is C13H15FN4. The van der Waals surface area contributed by atoms with E-state index in [1.165, 1.54) is 12.4 Å². The zero-order valence-electron chi connectivity index (χ0n) is 10.4. The van der Waals surface area contributed by atoms with Gasteiger partial charge in [0.2, 0.25) is 0 Å². The first-order chi connectivity index (χ1) is 8.69. The van der Waals surface area contributed by atoms with Crippen LogP contribution in [-0.2, 0) is 0 Å². The van der Waals surface area contributed by atoms with Crippen LogP contribution in [0.1, 0.15) is 12.5 Å². The first kappa shape index (κ1) is 12.3. The van der Waals surface area contributed by atoms with Gasteiger partial charge in [0.25, 0.3) is 0 Å². The molecule has 0 unspecified atom stereocenters. The molecule has 0 saturated carbocycles. The number of anilines is 3. The number of benzene rings is 1. The van der Waals surface area contributed by atoms with E-state index in [9.17, 15) is 4.39 Å². The molecule has 0 saturated heterocycles. The third kappa shape index (κ3) is 2.94. The minimum atomic E-state index is -0.212.